The van der Waals surface area contributed by atoms with Gasteiger partial charge in [0.05, 0.1) is 11.4 Å². The molecule has 0 fully saturated rings. The van der Waals surface area contributed by atoms with Crippen LogP contribution in [0.3, 0.4) is 0 Å². The maximum absolute atomic E-state index is 5.90. The highest BCUT2D eigenvalue weighted by Crippen LogP contribution is 2.25. The Bertz CT molecular complexity index is 732. The second kappa shape index (κ2) is 6.33. The van der Waals surface area contributed by atoms with Crippen LogP contribution in [0.5, 0.6) is 0 Å². The van der Waals surface area contributed by atoms with Crippen LogP contribution in [0.1, 0.15) is 0 Å². The molecule has 21 heavy (non-hydrogen) atoms. The van der Waals surface area contributed by atoms with E-state index in [0.717, 1.165) is 27.5 Å². The highest BCUT2D eigenvalue weighted by atomic mass is 35.5. The molecule has 0 spiro atoms. The van der Waals surface area contributed by atoms with Crippen molar-refractivity contribution in [2.24, 2.45) is 10.2 Å². The lowest BCUT2D eigenvalue weighted by atomic mass is 10.1. The molecule has 3 rings (SSSR count). The van der Waals surface area contributed by atoms with Crippen LogP contribution in [-0.4, -0.2) is 0 Å². The van der Waals surface area contributed by atoms with Crippen LogP contribution in [0.2, 0.25) is 5.02 Å². The zero-order valence-electron chi connectivity index (χ0n) is 11.3. The fraction of sp³-hybridized carbons (Fsp3) is 0. The first-order valence-corrected chi connectivity index (χ1v) is 7.02. The summed E-state index contributed by atoms with van der Waals surface area (Å²) < 4.78 is 0. The predicted octanol–water partition coefficient (Wildman–Crippen LogP) is 6.42. The summed E-state index contributed by atoms with van der Waals surface area (Å²) in [5.74, 6) is 0. The lowest BCUT2D eigenvalue weighted by molar-refractivity contribution is 1.23. The van der Waals surface area contributed by atoms with E-state index in [2.05, 4.69) is 10.2 Å². The molecule has 0 amide bonds. The van der Waals surface area contributed by atoms with E-state index in [4.69, 9.17) is 11.6 Å². The number of azo groups is 1. The van der Waals surface area contributed by atoms with E-state index in [1.807, 2.05) is 78.9 Å². The van der Waals surface area contributed by atoms with Gasteiger partial charge in [-0.2, -0.15) is 10.2 Å². The molecule has 0 aliphatic rings. The summed E-state index contributed by atoms with van der Waals surface area (Å²) in [5, 5.41) is 9.17. The van der Waals surface area contributed by atoms with Crippen molar-refractivity contribution in [1.82, 2.24) is 0 Å². The molecule has 0 saturated carbocycles. The first kappa shape index (κ1) is 13.5. The maximum atomic E-state index is 5.90. The Morgan fingerprint density at radius 1 is 0.524 bits per heavy atom. The van der Waals surface area contributed by atoms with Gasteiger partial charge in [-0.1, -0.05) is 54.1 Å². The average Bonchev–Trinajstić information content (AvgIpc) is 2.55. The van der Waals surface area contributed by atoms with Crippen molar-refractivity contribution in [3.8, 4) is 11.1 Å². The van der Waals surface area contributed by atoms with Gasteiger partial charge >= 0.3 is 0 Å². The summed E-state index contributed by atoms with van der Waals surface area (Å²) in [6.07, 6.45) is 0. The van der Waals surface area contributed by atoms with E-state index in [-0.39, 0.29) is 0 Å². The second-order valence-electron chi connectivity index (χ2n) is 4.59. The number of hydrogen-bond donors (Lipinski definition) is 0. The quantitative estimate of drug-likeness (QED) is 0.497. The van der Waals surface area contributed by atoms with Crippen molar-refractivity contribution in [3.05, 3.63) is 83.9 Å². The lowest BCUT2D eigenvalue weighted by Crippen LogP contribution is -1.76. The summed E-state index contributed by atoms with van der Waals surface area (Å²) in [6, 6.07) is 25.4. The van der Waals surface area contributed by atoms with Crippen molar-refractivity contribution in [2.75, 3.05) is 0 Å². The Hall–Kier alpha value is -2.45. The second-order valence-corrected chi connectivity index (χ2v) is 5.03. The van der Waals surface area contributed by atoms with E-state index in [9.17, 15) is 0 Å². The summed E-state index contributed by atoms with van der Waals surface area (Å²) in [7, 11) is 0. The van der Waals surface area contributed by atoms with Gasteiger partial charge < -0.3 is 0 Å². The highest BCUT2D eigenvalue weighted by molar-refractivity contribution is 6.30. The molecule has 0 aromatic heterocycles. The van der Waals surface area contributed by atoms with Gasteiger partial charge in [-0.15, -0.1) is 0 Å². The van der Waals surface area contributed by atoms with Crippen LogP contribution >= 0.6 is 11.6 Å². The number of nitrogens with zero attached hydrogens (tertiary/aromatic N) is 2. The smallest absolute Gasteiger partial charge is 0.0857 e. The number of rotatable bonds is 3. The zero-order valence-corrected chi connectivity index (χ0v) is 12.0. The normalized spacial score (nSPS) is 10.9. The number of benzene rings is 3. The fourth-order valence-electron chi connectivity index (χ4n) is 1.97. The molecule has 0 heterocycles. The lowest BCUT2D eigenvalue weighted by Gasteiger charge is -2.02. The molecular formula is C18H13ClN2. The first-order chi connectivity index (χ1) is 10.3. The summed E-state index contributed by atoms with van der Waals surface area (Å²) in [4.78, 5) is 0. The van der Waals surface area contributed by atoms with Gasteiger partial charge in [0.1, 0.15) is 0 Å². The minimum atomic E-state index is 0.743. The fourth-order valence-corrected chi connectivity index (χ4v) is 2.10. The van der Waals surface area contributed by atoms with Gasteiger partial charge in [0.25, 0.3) is 0 Å². The third-order valence-corrected chi connectivity index (χ3v) is 3.33. The van der Waals surface area contributed by atoms with E-state index in [0.29, 0.717) is 0 Å². The Labute approximate surface area is 128 Å². The molecule has 0 N–H and O–H groups in total. The molecule has 0 radical (unpaired) electrons. The third kappa shape index (κ3) is 3.56. The molecule has 3 aromatic rings. The Morgan fingerprint density at radius 2 is 1.00 bits per heavy atom. The van der Waals surface area contributed by atoms with Crippen LogP contribution < -0.4 is 0 Å². The number of hydrogen-bond acceptors (Lipinski definition) is 2. The Kier molecular flexibility index (Phi) is 4.08. The molecule has 0 saturated heterocycles. The summed E-state index contributed by atoms with van der Waals surface area (Å²) in [6.45, 7) is 0. The molecule has 0 unspecified atom stereocenters. The number of halogens is 1. The van der Waals surface area contributed by atoms with Crippen molar-refractivity contribution in [1.29, 1.82) is 0 Å². The van der Waals surface area contributed by atoms with Crippen molar-refractivity contribution >= 4 is 23.0 Å². The van der Waals surface area contributed by atoms with Crippen molar-refractivity contribution < 1.29 is 0 Å². The van der Waals surface area contributed by atoms with Crippen molar-refractivity contribution in [3.63, 3.8) is 0 Å². The van der Waals surface area contributed by atoms with Gasteiger partial charge in [0, 0.05) is 5.02 Å². The van der Waals surface area contributed by atoms with E-state index < -0.39 is 0 Å². The van der Waals surface area contributed by atoms with Crippen LogP contribution in [0.15, 0.2) is 89.1 Å². The zero-order chi connectivity index (χ0) is 14.5. The summed E-state index contributed by atoms with van der Waals surface area (Å²) in [5.41, 5.74) is 3.94. The molecule has 3 heteroatoms. The molecule has 0 aliphatic carbocycles. The predicted molar refractivity (Wildman–Crippen MR) is 87.5 cm³/mol. The molecule has 0 bridgehead atoms. The highest BCUT2D eigenvalue weighted by Gasteiger charge is 1.98. The summed E-state index contributed by atoms with van der Waals surface area (Å²) >= 11 is 5.90. The van der Waals surface area contributed by atoms with Gasteiger partial charge in [0.2, 0.25) is 0 Å². The van der Waals surface area contributed by atoms with Gasteiger partial charge in [-0.3, -0.25) is 0 Å². The monoisotopic (exact) mass is 292 g/mol. The van der Waals surface area contributed by atoms with Crippen LogP contribution in [0.4, 0.5) is 11.4 Å². The standard InChI is InChI=1S/C18H13ClN2/c19-16-10-6-14(7-11-16)15-8-12-18(13-9-15)21-20-17-4-2-1-3-5-17/h1-13H. The molecule has 102 valence electrons. The Balaban J connectivity index is 1.78. The SMILES string of the molecule is Clc1ccc(-c2ccc(N=Nc3ccccc3)cc2)cc1. The third-order valence-electron chi connectivity index (χ3n) is 3.08. The topological polar surface area (TPSA) is 24.7 Å². The Morgan fingerprint density at radius 3 is 1.57 bits per heavy atom. The maximum Gasteiger partial charge on any atom is 0.0857 e. The van der Waals surface area contributed by atoms with Gasteiger partial charge in [0.15, 0.2) is 0 Å². The minimum Gasteiger partial charge on any atom is -0.151 e. The van der Waals surface area contributed by atoms with Gasteiger partial charge in [-0.05, 0) is 47.5 Å². The molecule has 0 atom stereocenters. The molecular weight excluding hydrogens is 280 g/mol. The van der Waals surface area contributed by atoms with Crippen LogP contribution in [0.25, 0.3) is 11.1 Å². The average molecular weight is 293 g/mol. The van der Waals surface area contributed by atoms with Crippen molar-refractivity contribution in [2.45, 2.75) is 0 Å². The molecule has 2 nitrogen and oxygen atoms in total. The van der Waals surface area contributed by atoms with E-state index in [1.165, 1.54) is 0 Å². The van der Waals surface area contributed by atoms with E-state index >= 15 is 0 Å². The largest absolute Gasteiger partial charge is 0.151 e. The first-order valence-electron chi connectivity index (χ1n) is 6.64. The molecule has 3 aromatic carbocycles. The van der Waals surface area contributed by atoms with Gasteiger partial charge in [-0.25, -0.2) is 0 Å². The van der Waals surface area contributed by atoms with Crippen LogP contribution in [-0.2, 0) is 0 Å². The minimum absolute atomic E-state index is 0.743. The molecule has 0 aliphatic heterocycles. The van der Waals surface area contributed by atoms with Crippen LogP contribution in [0, 0.1) is 0 Å². The van der Waals surface area contributed by atoms with E-state index in [1.54, 1.807) is 0 Å².